The Kier molecular flexibility index (Phi) is 5.57. The summed E-state index contributed by atoms with van der Waals surface area (Å²) in [5.74, 6) is 0.264. The predicted octanol–water partition coefficient (Wildman–Crippen LogP) is 4.13. The van der Waals surface area contributed by atoms with E-state index in [1.165, 1.54) is 14.1 Å². The van der Waals surface area contributed by atoms with E-state index in [-0.39, 0.29) is 17.3 Å². The van der Waals surface area contributed by atoms with Gasteiger partial charge in [-0.15, -0.1) is 0 Å². The van der Waals surface area contributed by atoms with E-state index in [1.54, 1.807) is 36.4 Å². The van der Waals surface area contributed by atoms with Crippen LogP contribution in [0.15, 0.2) is 41.3 Å². The topological polar surface area (TPSA) is 46.6 Å². The molecule has 2 aromatic rings. The van der Waals surface area contributed by atoms with Crippen molar-refractivity contribution in [3.8, 4) is 5.75 Å². The highest BCUT2D eigenvalue weighted by Gasteiger charge is 2.22. The quantitative estimate of drug-likeness (QED) is 0.791. The highest BCUT2D eigenvalue weighted by Crippen LogP contribution is 2.30. The average Bonchev–Trinajstić information content (AvgIpc) is 2.47. The summed E-state index contributed by atoms with van der Waals surface area (Å²) in [6.07, 6.45) is 0. The third-order valence-electron chi connectivity index (χ3n) is 3.29. The molecule has 4 nitrogen and oxygen atoms in total. The standard InChI is InChI=1S/C16H17Cl2NO3S/c1-11-7-8-15(16(9-11)23(20,21)19(2)3)22-10-12-13(17)5-4-6-14(12)18/h4-9H,10H2,1-3H3. The van der Waals surface area contributed by atoms with Gasteiger partial charge in [0, 0.05) is 29.7 Å². The molecule has 0 aliphatic heterocycles. The monoisotopic (exact) mass is 373 g/mol. The van der Waals surface area contributed by atoms with Gasteiger partial charge in [0.05, 0.1) is 0 Å². The van der Waals surface area contributed by atoms with Crippen LogP contribution in [0.3, 0.4) is 0 Å². The lowest BCUT2D eigenvalue weighted by molar-refractivity contribution is 0.297. The van der Waals surface area contributed by atoms with Crippen LogP contribution in [0.4, 0.5) is 0 Å². The van der Waals surface area contributed by atoms with E-state index in [4.69, 9.17) is 27.9 Å². The first-order valence-electron chi connectivity index (χ1n) is 6.82. The molecule has 0 bridgehead atoms. The smallest absolute Gasteiger partial charge is 0.246 e. The largest absolute Gasteiger partial charge is 0.487 e. The molecule has 0 unspecified atom stereocenters. The molecule has 0 aromatic heterocycles. The zero-order valence-corrected chi connectivity index (χ0v) is 15.3. The molecule has 23 heavy (non-hydrogen) atoms. The van der Waals surface area contributed by atoms with Gasteiger partial charge >= 0.3 is 0 Å². The van der Waals surface area contributed by atoms with E-state index in [1.807, 2.05) is 6.92 Å². The average molecular weight is 374 g/mol. The first kappa shape index (κ1) is 18.1. The number of sulfonamides is 1. The summed E-state index contributed by atoms with van der Waals surface area (Å²) in [7, 11) is -0.655. The lowest BCUT2D eigenvalue weighted by atomic mass is 10.2. The number of hydrogen-bond donors (Lipinski definition) is 0. The fourth-order valence-corrected chi connectivity index (χ4v) is 3.57. The van der Waals surface area contributed by atoms with Crippen molar-refractivity contribution in [2.24, 2.45) is 0 Å². The molecule has 0 aliphatic carbocycles. The van der Waals surface area contributed by atoms with E-state index < -0.39 is 10.0 Å². The number of aryl methyl sites for hydroxylation is 1. The summed E-state index contributed by atoms with van der Waals surface area (Å²) < 4.78 is 31.7. The van der Waals surface area contributed by atoms with Gasteiger partial charge in [-0.3, -0.25) is 0 Å². The molecule has 0 N–H and O–H groups in total. The molecule has 0 spiro atoms. The predicted molar refractivity (Wildman–Crippen MR) is 92.8 cm³/mol. The second kappa shape index (κ2) is 7.09. The number of ether oxygens (including phenoxy) is 1. The molecule has 0 fully saturated rings. The van der Waals surface area contributed by atoms with Crippen molar-refractivity contribution in [1.82, 2.24) is 4.31 Å². The Balaban J connectivity index is 2.38. The number of halogens is 2. The van der Waals surface area contributed by atoms with Crippen molar-refractivity contribution < 1.29 is 13.2 Å². The Morgan fingerprint density at radius 1 is 1.09 bits per heavy atom. The fourth-order valence-electron chi connectivity index (χ4n) is 1.95. The molecule has 0 saturated carbocycles. The van der Waals surface area contributed by atoms with Crippen molar-refractivity contribution in [3.63, 3.8) is 0 Å². The van der Waals surface area contributed by atoms with Crippen molar-refractivity contribution in [2.75, 3.05) is 14.1 Å². The van der Waals surface area contributed by atoms with Crippen LogP contribution in [0.5, 0.6) is 5.75 Å². The van der Waals surface area contributed by atoms with Crippen LogP contribution in [0.2, 0.25) is 10.0 Å². The van der Waals surface area contributed by atoms with E-state index in [2.05, 4.69) is 0 Å². The van der Waals surface area contributed by atoms with Crippen LogP contribution < -0.4 is 4.74 Å². The maximum Gasteiger partial charge on any atom is 0.246 e. The Morgan fingerprint density at radius 3 is 2.26 bits per heavy atom. The third-order valence-corrected chi connectivity index (χ3v) is 5.84. The van der Waals surface area contributed by atoms with Crippen LogP contribution in [-0.2, 0) is 16.6 Å². The Labute approximate surface area is 146 Å². The second-order valence-electron chi connectivity index (χ2n) is 5.23. The molecule has 0 heterocycles. The molecular weight excluding hydrogens is 357 g/mol. The zero-order chi connectivity index (χ0) is 17.2. The Hall–Kier alpha value is -1.27. The van der Waals surface area contributed by atoms with Crippen LogP contribution >= 0.6 is 23.2 Å². The molecule has 7 heteroatoms. The van der Waals surface area contributed by atoms with Gasteiger partial charge in [0.2, 0.25) is 10.0 Å². The van der Waals surface area contributed by atoms with Gasteiger partial charge in [-0.05, 0) is 36.8 Å². The maximum atomic E-state index is 12.4. The van der Waals surface area contributed by atoms with E-state index >= 15 is 0 Å². The van der Waals surface area contributed by atoms with Crippen molar-refractivity contribution in [3.05, 3.63) is 57.6 Å². The summed E-state index contributed by atoms with van der Waals surface area (Å²) >= 11 is 12.2. The van der Waals surface area contributed by atoms with Gasteiger partial charge in [0.25, 0.3) is 0 Å². The van der Waals surface area contributed by atoms with E-state index in [9.17, 15) is 8.42 Å². The van der Waals surface area contributed by atoms with Gasteiger partial charge in [0.15, 0.2) is 0 Å². The summed E-state index contributed by atoms with van der Waals surface area (Å²) in [5.41, 5.74) is 1.44. The van der Waals surface area contributed by atoms with Gasteiger partial charge in [-0.2, -0.15) is 0 Å². The summed E-state index contributed by atoms with van der Waals surface area (Å²) in [6.45, 7) is 1.90. The van der Waals surface area contributed by atoms with Gasteiger partial charge < -0.3 is 4.74 Å². The lowest BCUT2D eigenvalue weighted by Gasteiger charge is -2.17. The van der Waals surface area contributed by atoms with Crippen LogP contribution in [0.1, 0.15) is 11.1 Å². The minimum absolute atomic E-state index is 0.0809. The van der Waals surface area contributed by atoms with E-state index in [0.29, 0.717) is 15.6 Å². The molecule has 0 radical (unpaired) electrons. The van der Waals surface area contributed by atoms with Crippen LogP contribution in [0.25, 0.3) is 0 Å². The first-order chi connectivity index (χ1) is 10.7. The second-order valence-corrected chi connectivity index (χ2v) is 8.16. The molecule has 0 atom stereocenters. The zero-order valence-electron chi connectivity index (χ0n) is 13.0. The first-order valence-corrected chi connectivity index (χ1v) is 9.02. The lowest BCUT2D eigenvalue weighted by Crippen LogP contribution is -2.23. The minimum Gasteiger partial charge on any atom is -0.487 e. The third kappa shape index (κ3) is 3.98. The van der Waals surface area contributed by atoms with Crippen molar-refractivity contribution in [2.45, 2.75) is 18.4 Å². The Morgan fingerprint density at radius 2 is 1.70 bits per heavy atom. The maximum absolute atomic E-state index is 12.4. The summed E-state index contributed by atoms with van der Waals surface area (Å²) in [5, 5.41) is 0.947. The number of rotatable bonds is 5. The van der Waals surface area contributed by atoms with Crippen molar-refractivity contribution >= 4 is 33.2 Å². The van der Waals surface area contributed by atoms with Gasteiger partial charge in [0.1, 0.15) is 17.3 Å². The van der Waals surface area contributed by atoms with Crippen LogP contribution in [-0.4, -0.2) is 26.8 Å². The van der Waals surface area contributed by atoms with Crippen LogP contribution in [0, 0.1) is 6.92 Å². The molecular formula is C16H17Cl2NO3S. The summed E-state index contributed by atoms with van der Waals surface area (Å²) in [6, 6.07) is 10.2. The number of nitrogens with zero attached hydrogens (tertiary/aromatic N) is 1. The number of hydrogen-bond acceptors (Lipinski definition) is 3. The number of benzene rings is 2. The molecule has 0 amide bonds. The van der Waals surface area contributed by atoms with Gasteiger partial charge in [-0.25, -0.2) is 12.7 Å². The SMILES string of the molecule is Cc1ccc(OCc2c(Cl)cccc2Cl)c(S(=O)(=O)N(C)C)c1. The normalized spacial score (nSPS) is 11.7. The summed E-state index contributed by atoms with van der Waals surface area (Å²) in [4.78, 5) is 0.116. The Bertz CT molecular complexity index is 800. The highest BCUT2D eigenvalue weighted by atomic mass is 35.5. The van der Waals surface area contributed by atoms with Crippen molar-refractivity contribution in [1.29, 1.82) is 0 Å². The van der Waals surface area contributed by atoms with Gasteiger partial charge in [-0.1, -0.05) is 35.3 Å². The molecule has 0 saturated heterocycles. The minimum atomic E-state index is -3.61. The van der Waals surface area contributed by atoms with E-state index in [0.717, 1.165) is 9.87 Å². The molecule has 124 valence electrons. The molecule has 0 aliphatic rings. The highest BCUT2D eigenvalue weighted by molar-refractivity contribution is 7.89. The fraction of sp³-hybridized carbons (Fsp3) is 0.250. The molecule has 2 rings (SSSR count). The molecule has 2 aromatic carbocycles.